The molecule has 33 heavy (non-hydrogen) atoms. The summed E-state index contributed by atoms with van der Waals surface area (Å²) in [6.07, 6.45) is 2.85. The molecular formula is C24H17ClFN3O4. The van der Waals surface area contributed by atoms with Gasteiger partial charge in [-0.05, 0) is 53.6 Å². The molecule has 0 saturated carbocycles. The summed E-state index contributed by atoms with van der Waals surface area (Å²) in [5.74, 6) is -1.83. The number of carbonyl (C=O) groups is 3. The molecule has 1 aliphatic heterocycles. The molecule has 0 unspecified atom stereocenters. The molecule has 2 heterocycles. The normalized spacial score (nSPS) is 14.0. The van der Waals surface area contributed by atoms with Crippen LogP contribution in [0.25, 0.3) is 6.08 Å². The van der Waals surface area contributed by atoms with Gasteiger partial charge in [0.2, 0.25) is 11.7 Å². The molecule has 2 aromatic carbocycles. The number of ether oxygens (including phenoxy) is 1. The number of carbonyl (C=O) groups excluding carboxylic acids is 3. The molecule has 0 radical (unpaired) electrons. The number of ketones is 1. The minimum Gasteiger partial charge on any atom is -0.481 e. The highest BCUT2D eigenvalue weighted by atomic mass is 35.5. The number of anilines is 1. The predicted molar refractivity (Wildman–Crippen MR) is 121 cm³/mol. The molecule has 0 bridgehead atoms. The van der Waals surface area contributed by atoms with E-state index in [0.717, 1.165) is 11.6 Å². The molecule has 1 aliphatic rings. The summed E-state index contributed by atoms with van der Waals surface area (Å²) in [4.78, 5) is 42.1. The summed E-state index contributed by atoms with van der Waals surface area (Å²) in [5, 5.41) is 5.33. The highest BCUT2D eigenvalue weighted by Crippen LogP contribution is 2.28. The Morgan fingerprint density at radius 2 is 2.00 bits per heavy atom. The van der Waals surface area contributed by atoms with Crippen LogP contribution in [0.15, 0.2) is 60.3 Å². The number of pyridine rings is 1. The summed E-state index contributed by atoms with van der Waals surface area (Å²) in [7, 11) is 1.50. The van der Waals surface area contributed by atoms with E-state index in [4.69, 9.17) is 16.3 Å². The van der Waals surface area contributed by atoms with Crippen molar-refractivity contribution < 1.29 is 23.5 Å². The molecule has 0 fully saturated rings. The van der Waals surface area contributed by atoms with Crippen LogP contribution >= 0.6 is 11.6 Å². The average Bonchev–Trinajstić information content (AvgIpc) is 2.82. The van der Waals surface area contributed by atoms with Gasteiger partial charge in [-0.15, -0.1) is 0 Å². The number of hydrogen-bond donors (Lipinski definition) is 2. The van der Waals surface area contributed by atoms with E-state index in [1.54, 1.807) is 18.3 Å². The lowest BCUT2D eigenvalue weighted by atomic mass is 9.93. The quantitative estimate of drug-likeness (QED) is 0.438. The number of fused-ring (bicyclic) bond motifs is 1. The Labute approximate surface area is 193 Å². The van der Waals surface area contributed by atoms with Crippen LogP contribution in [0.1, 0.15) is 31.8 Å². The molecular weight excluding hydrogens is 449 g/mol. The third kappa shape index (κ3) is 4.75. The standard InChI is InChI=1S/C24H17ClFN3O4/c1-33-21-10-14(6-7-27-21)12-28-23(31)15-3-5-20-16(11-15)22(30)17(24(32)29-20)8-13-2-4-18(25)19(26)9-13/h2-11H,12H2,1H3,(H,28,31)(H,29,32). The van der Waals surface area contributed by atoms with Crippen LogP contribution in [0.5, 0.6) is 5.88 Å². The van der Waals surface area contributed by atoms with Gasteiger partial charge in [-0.1, -0.05) is 17.7 Å². The predicted octanol–water partition coefficient (Wildman–Crippen LogP) is 4.03. The zero-order valence-electron chi connectivity index (χ0n) is 17.3. The summed E-state index contributed by atoms with van der Waals surface area (Å²) in [6.45, 7) is 0.229. The van der Waals surface area contributed by atoms with Gasteiger partial charge in [0.1, 0.15) is 5.82 Å². The second kappa shape index (κ2) is 9.22. The molecule has 9 heteroatoms. The van der Waals surface area contributed by atoms with Crippen molar-refractivity contribution in [3.63, 3.8) is 0 Å². The Morgan fingerprint density at radius 1 is 1.18 bits per heavy atom. The molecule has 1 aromatic heterocycles. The average molecular weight is 466 g/mol. The van der Waals surface area contributed by atoms with Gasteiger partial charge < -0.3 is 15.4 Å². The van der Waals surface area contributed by atoms with Gasteiger partial charge in [0.15, 0.2) is 0 Å². The lowest BCUT2D eigenvalue weighted by Gasteiger charge is -2.19. The Kier molecular flexibility index (Phi) is 6.19. The van der Waals surface area contributed by atoms with Crippen molar-refractivity contribution in [3.8, 4) is 5.88 Å². The number of nitrogens with one attached hydrogen (secondary N) is 2. The van der Waals surface area contributed by atoms with E-state index in [2.05, 4.69) is 15.6 Å². The maximum Gasteiger partial charge on any atom is 0.259 e. The van der Waals surface area contributed by atoms with Crippen molar-refractivity contribution in [1.29, 1.82) is 0 Å². The van der Waals surface area contributed by atoms with Gasteiger partial charge in [0.25, 0.3) is 11.8 Å². The third-order valence-electron chi connectivity index (χ3n) is 4.98. The first-order valence-electron chi connectivity index (χ1n) is 9.79. The first-order valence-corrected chi connectivity index (χ1v) is 10.2. The number of aromatic nitrogens is 1. The molecule has 166 valence electrons. The highest BCUT2D eigenvalue weighted by molar-refractivity contribution is 6.36. The number of nitrogens with zero attached hydrogens (tertiary/aromatic N) is 1. The monoisotopic (exact) mass is 465 g/mol. The highest BCUT2D eigenvalue weighted by Gasteiger charge is 2.29. The fraction of sp³-hybridized carbons (Fsp3) is 0.0833. The molecule has 7 nitrogen and oxygen atoms in total. The van der Waals surface area contributed by atoms with Crippen LogP contribution in [-0.2, 0) is 11.3 Å². The van der Waals surface area contributed by atoms with Gasteiger partial charge in [-0.25, -0.2) is 9.37 Å². The van der Waals surface area contributed by atoms with E-state index in [9.17, 15) is 18.8 Å². The lowest BCUT2D eigenvalue weighted by molar-refractivity contribution is -0.112. The summed E-state index contributed by atoms with van der Waals surface area (Å²) < 4.78 is 18.8. The second-order valence-electron chi connectivity index (χ2n) is 7.16. The number of amides is 2. The smallest absolute Gasteiger partial charge is 0.259 e. The Morgan fingerprint density at radius 3 is 2.76 bits per heavy atom. The molecule has 0 aliphatic carbocycles. The maximum atomic E-state index is 13.7. The van der Waals surface area contributed by atoms with Crippen LogP contribution in [0.3, 0.4) is 0 Å². The van der Waals surface area contributed by atoms with Crippen LogP contribution in [-0.4, -0.2) is 29.7 Å². The molecule has 3 aromatic rings. The molecule has 2 amide bonds. The minimum atomic E-state index is -0.666. The van der Waals surface area contributed by atoms with Gasteiger partial charge in [-0.2, -0.15) is 0 Å². The van der Waals surface area contributed by atoms with Crippen molar-refractivity contribution in [2.24, 2.45) is 0 Å². The molecule has 2 N–H and O–H groups in total. The summed E-state index contributed by atoms with van der Waals surface area (Å²) in [6, 6.07) is 11.8. The van der Waals surface area contributed by atoms with Crippen LogP contribution in [0.2, 0.25) is 5.02 Å². The molecule has 0 saturated heterocycles. The van der Waals surface area contributed by atoms with Crippen LogP contribution in [0.4, 0.5) is 10.1 Å². The van der Waals surface area contributed by atoms with Gasteiger partial charge in [-0.3, -0.25) is 14.4 Å². The number of benzene rings is 2. The zero-order chi connectivity index (χ0) is 23.5. The number of Topliss-reactive ketones (excluding diaryl/α,β-unsaturated/α-hetero) is 1. The first kappa shape index (κ1) is 22.2. The molecule has 0 atom stereocenters. The number of rotatable bonds is 5. The Hall–Kier alpha value is -4.04. The van der Waals surface area contributed by atoms with E-state index in [0.29, 0.717) is 17.1 Å². The summed E-state index contributed by atoms with van der Waals surface area (Å²) in [5.41, 5.74) is 1.62. The number of hydrogen-bond acceptors (Lipinski definition) is 5. The largest absolute Gasteiger partial charge is 0.481 e. The topological polar surface area (TPSA) is 97.4 Å². The van der Waals surface area contributed by atoms with E-state index in [1.165, 1.54) is 43.5 Å². The fourth-order valence-electron chi connectivity index (χ4n) is 3.28. The van der Waals surface area contributed by atoms with Crippen molar-refractivity contribution in [2.45, 2.75) is 6.54 Å². The van der Waals surface area contributed by atoms with Crippen LogP contribution in [0, 0.1) is 5.82 Å². The van der Waals surface area contributed by atoms with E-state index < -0.39 is 23.4 Å². The maximum absolute atomic E-state index is 13.7. The second-order valence-corrected chi connectivity index (χ2v) is 7.57. The van der Waals surface area contributed by atoms with E-state index in [1.807, 2.05) is 0 Å². The zero-order valence-corrected chi connectivity index (χ0v) is 18.1. The third-order valence-corrected chi connectivity index (χ3v) is 5.29. The van der Waals surface area contributed by atoms with E-state index >= 15 is 0 Å². The molecule has 4 rings (SSSR count). The summed E-state index contributed by atoms with van der Waals surface area (Å²) >= 11 is 5.69. The van der Waals surface area contributed by atoms with Gasteiger partial charge in [0.05, 0.1) is 23.4 Å². The van der Waals surface area contributed by atoms with Crippen molar-refractivity contribution >= 4 is 41.0 Å². The van der Waals surface area contributed by atoms with Crippen molar-refractivity contribution in [2.75, 3.05) is 12.4 Å². The SMILES string of the molecule is COc1cc(CNC(=O)c2ccc3c(c2)C(=O)C(=Cc2ccc(Cl)c(F)c2)C(=O)N3)ccn1. The molecule has 0 spiro atoms. The Bertz CT molecular complexity index is 1320. The minimum absolute atomic E-state index is 0.0669. The Balaban J connectivity index is 1.56. The van der Waals surface area contributed by atoms with Crippen LogP contribution < -0.4 is 15.4 Å². The van der Waals surface area contributed by atoms with Crippen molar-refractivity contribution in [3.05, 3.63) is 93.4 Å². The van der Waals surface area contributed by atoms with Gasteiger partial charge in [0, 0.05) is 29.9 Å². The van der Waals surface area contributed by atoms with E-state index in [-0.39, 0.29) is 28.3 Å². The number of methoxy groups -OCH3 is 1. The number of halogens is 2. The fourth-order valence-corrected chi connectivity index (χ4v) is 3.39. The van der Waals surface area contributed by atoms with Gasteiger partial charge >= 0.3 is 0 Å². The first-order chi connectivity index (χ1) is 15.9. The van der Waals surface area contributed by atoms with Crippen molar-refractivity contribution in [1.82, 2.24) is 10.3 Å². The lowest BCUT2D eigenvalue weighted by Crippen LogP contribution is -2.28.